The molecule has 2 aromatic rings. The lowest BCUT2D eigenvalue weighted by Gasteiger charge is -2.06. The molecule has 0 aliphatic carbocycles. The van der Waals surface area contributed by atoms with Crippen molar-refractivity contribution in [3.05, 3.63) is 68.7 Å². The molecule has 0 aromatic heterocycles. The zero-order valence-corrected chi connectivity index (χ0v) is 12.6. The molecule has 0 fully saturated rings. The van der Waals surface area contributed by atoms with Crippen LogP contribution < -0.4 is 0 Å². The van der Waals surface area contributed by atoms with Crippen LogP contribution in [0.25, 0.3) is 0 Å². The minimum Gasteiger partial charge on any atom is -0.299 e. The Balaban J connectivity index is 2.15. The van der Waals surface area contributed by atoms with Gasteiger partial charge in [-0.25, -0.2) is 8.78 Å². The van der Waals surface area contributed by atoms with Crippen LogP contribution >= 0.6 is 27.5 Å². The van der Waals surface area contributed by atoms with Gasteiger partial charge in [0.1, 0.15) is 17.4 Å². The summed E-state index contributed by atoms with van der Waals surface area (Å²) in [7, 11) is 0. The van der Waals surface area contributed by atoms with Crippen molar-refractivity contribution in [2.75, 3.05) is 0 Å². The van der Waals surface area contributed by atoms with E-state index in [1.165, 1.54) is 6.07 Å². The fraction of sp³-hybridized carbons (Fsp3) is 0.133. The van der Waals surface area contributed by atoms with E-state index in [9.17, 15) is 13.6 Å². The van der Waals surface area contributed by atoms with Gasteiger partial charge in [-0.2, -0.15) is 0 Å². The number of carbonyl (C=O) groups is 1. The molecule has 0 heterocycles. The standard InChI is InChI=1S/C15H10BrClF2O/c16-13-4-5-14(18)12(15(13)19)8-11(20)7-9-2-1-3-10(17)6-9/h1-6H,7-8H2. The molecule has 0 radical (unpaired) electrons. The number of benzene rings is 2. The van der Waals surface area contributed by atoms with E-state index >= 15 is 0 Å². The van der Waals surface area contributed by atoms with Gasteiger partial charge in [-0.15, -0.1) is 0 Å². The second-order valence-corrected chi connectivity index (χ2v) is 5.63. The SMILES string of the molecule is O=C(Cc1cccc(Cl)c1)Cc1c(F)ccc(Br)c1F. The summed E-state index contributed by atoms with van der Waals surface area (Å²) in [6, 6.07) is 9.24. The van der Waals surface area contributed by atoms with Gasteiger partial charge in [-0.3, -0.25) is 4.79 Å². The predicted molar refractivity (Wildman–Crippen MR) is 77.9 cm³/mol. The Kier molecular flexibility index (Phi) is 4.89. The maximum absolute atomic E-state index is 13.8. The van der Waals surface area contributed by atoms with Crippen molar-refractivity contribution in [1.29, 1.82) is 0 Å². The topological polar surface area (TPSA) is 17.1 Å². The van der Waals surface area contributed by atoms with E-state index in [4.69, 9.17) is 11.6 Å². The van der Waals surface area contributed by atoms with Crippen LogP contribution in [0.3, 0.4) is 0 Å². The van der Waals surface area contributed by atoms with Gasteiger partial charge in [0.05, 0.1) is 4.47 Å². The van der Waals surface area contributed by atoms with E-state index in [0.717, 1.165) is 11.6 Å². The van der Waals surface area contributed by atoms with Crippen molar-refractivity contribution in [3.63, 3.8) is 0 Å². The van der Waals surface area contributed by atoms with Crippen molar-refractivity contribution >= 4 is 33.3 Å². The van der Waals surface area contributed by atoms with Crippen molar-refractivity contribution in [2.24, 2.45) is 0 Å². The van der Waals surface area contributed by atoms with Crippen LogP contribution in [0.4, 0.5) is 8.78 Å². The highest BCUT2D eigenvalue weighted by molar-refractivity contribution is 9.10. The molecule has 2 rings (SSSR count). The summed E-state index contributed by atoms with van der Waals surface area (Å²) in [6.07, 6.45) is -0.199. The molecule has 0 N–H and O–H groups in total. The van der Waals surface area contributed by atoms with Gasteiger partial charge in [0, 0.05) is 23.4 Å². The highest BCUT2D eigenvalue weighted by Gasteiger charge is 2.16. The molecular weight excluding hydrogens is 350 g/mol. The third-order valence-corrected chi connectivity index (χ3v) is 3.65. The molecule has 5 heteroatoms. The van der Waals surface area contributed by atoms with E-state index in [-0.39, 0.29) is 28.7 Å². The lowest BCUT2D eigenvalue weighted by molar-refractivity contribution is -0.117. The van der Waals surface area contributed by atoms with Crippen LogP contribution in [-0.4, -0.2) is 5.78 Å². The number of Topliss-reactive ketones (excluding diaryl/α,β-unsaturated/α-hetero) is 1. The molecule has 20 heavy (non-hydrogen) atoms. The largest absolute Gasteiger partial charge is 0.299 e. The first kappa shape index (κ1) is 15.1. The fourth-order valence-electron chi connectivity index (χ4n) is 1.87. The molecule has 104 valence electrons. The third kappa shape index (κ3) is 3.64. The van der Waals surface area contributed by atoms with E-state index < -0.39 is 11.6 Å². The summed E-state index contributed by atoms with van der Waals surface area (Å²) >= 11 is 8.80. The number of carbonyl (C=O) groups excluding carboxylic acids is 1. The summed E-state index contributed by atoms with van der Waals surface area (Å²) in [5, 5.41) is 0.523. The van der Waals surface area contributed by atoms with E-state index in [1.54, 1.807) is 24.3 Å². The zero-order chi connectivity index (χ0) is 14.7. The second kappa shape index (κ2) is 6.46. The zero-order valence-electron chi connectivity index (χ0n) is 10.3. The monoisotopic (exact) mass is 358 g/mol. The second-order valence-electron chi connectivity index (χ2n) is 4.34. The average Bonchev–Trinajstić information content (AvgIpc) is 2.39. The molecular formula is C15H10BrClF2O. The normalized spacial score (nSPS) is 10.6. The third-order valence-electron chi connectivity index (χ3n) is 2.80. The molecule has 2 aromatic carbocycles. The van der Waals surface area contributed by atoms with E-state index in [1.807, 2.05) is 0 Å². The maximum Gasteiger partial charge on any atom is 0.143 e. The summed E-state index contributed by atoms with van der Waals surface area (Å²) in [5.41, 5.74) is 0.504. The molecule has 0 aliphatic rings. The molecule has 1 nitrogen and oxygen atoms in total. The van der Waals surface area contributed by atoms with Crippen LogP contribution in [0, 0.1) is 11.6 Å². The quantitative estimate of drug-likeness (QED) is 0.721. The van der Waals surface area contributed by atoms with E-state index in [2.05, 4.69) is 15.9 Å². The fourth-order valence-corrected chi connectivity index (χ4v) is 2.45. The Hall–Kier alpha value is -1.26. The Bertz CT molecular complexity index is 658. The lowest BCUT2D eigenvalue weighted by Crippen LogP contribution is -2.10. The van der Waals surface area contributed by atoms with Gasteiger partial charge in [-0.1, -0.05) is 23.7 Å². The van der Waals surface area contributed by atoms with Crippen LogP contribution in [0.2, 0.25) is 5.02 Å². The van der Waals surface area contributed by atoms with Crippen molar-refractivity contribution in [2.45, 2.75) is 12.8 Å². The van der Waals surface area contributed by atoms with Gasteiger partial charge >= 0.3 is 0 Å². The van der Waals surface area contributed by atoms with Crippen molar-refractivity contribution < 1.29 is 13.6 Å². The predicted octanol–water partition coefficient (Wildman–Crippen LogP) is 4.74. The summed E-state index contributed by atoms with van der Waals surface area (Å²) in [5.74, 6) is -1.72. The van der Waals surface area contributed by atoms with Crippen LogP contribution in [0.5, 0.6) is 0 Å². The molecule has 0 unspecified atom stereocenters. The average molecular weight is 360 g/mol. The Morgan fingerprint density at radius 1 is 1.15 bits per heavy atom. The molecule has 0 saturated heterocycles. The van der Waals surface area contributed by atoms with Gasteiger partial charge in [0.25, 0.3) is 0 Å². The number of hydrogen-bond acceptors (Lipinski definition) is 1. The highest BCUT2D eigenvalue weighted by atomic mass is 79.9. The van der Waals surface area contributed by atoms with E-state index in [0.29, 0.717) is 5.02 Å². The van der Waals surface area contributed by atoms with Crippen molar-refractivity contribution in [1.82, 2.24) is 0 Å². The number of hydrogen-bond donors (Lipinski definition) is 0. The smallest absolute Gasteiger partial charge is 0.143 e. The molecule has 0 amide bonds. The summed E-state index contributed by atoms with van der Waals surface area (Å²) in [4.78, 5) is 11.9. The number of ketones is 1. The van der Waals surface area contributed by atoms with Crippen molar-refractivity contribution in [3.8, 4) is 0 Å². The Morgan fingerprint density at radius 3 is 2.60 bits per heavy atom. The first-order valence-electron chi connectivity index (χ1n) is 5.86. The summed E-state index contributed by atoms with van der Waals surface area (Å²) < 4.78 is 27.5. The maximum atomic E-state index is 13.8. The molecule has 0 spiro atoms. The lowest BCUT2D eigenvalue weighted by atomic mass is 10.0. The number of rotatable bonds is 4. The Labute approximate surface area is 128 Å². The first-order valence-corrected chi connectivity index (χ1v) is 7.03. The van der Waals surface area contributed by atoms with Crippen LogP contribution in [0.15, 0.2) is 40.9 Å². The molecule has 0 bridgehead atoms. The van der Waals surface area contributed by atoms with Gasteiger partial charge in [0.2, 0.25) is 0 Å². The summed E-state index contributed by atoms with van der Waals surface area (Å²) in [6.45, 7) is 0. The van der Waals surface area contributed by atoms with Crippen LogP contribution in [-0.2, 0) is 17.6 Å². The minimum absolute atomic E-state index is 0.0892. The van der Waals surface area contributed by atoms with Gasteiger partial charge < -0.3 is 0 Å². The minimum atomic E-state index is -0.732. The first-order chi connectivity index (χ1) is 9.47. The Morgan fingerprint density at radius 2 is 1.90 bits per heavy atom. The highest BCUT2D eigenvalue weighted by Crippen LogP contribution is 2.22. The van der Waals surface area contributed by atoms with Gasteiger partial charge in [0.15, 0.2) is 0 Å². The molecule has 0 saturated carbocycles. The molecule has 0 atom stereocenters. The molecule has 0 aliphatic heterocycles. The van der Waals surface area contributed by atoms with Gasteiger partial charge in [-0.05, 0) is 45.8 Å². The number of halogens is 4. The van der Waals surface area contributed by atoms with Crippen LogP contribution in [0.1, 0.15) is 11.1 Å².